The molecule has 0 N–H and O–H groups in total. The van der Waals surface area contributed by atoms with Crippen LogP contribution in [0.5, 0.6) is 0 Å². The minimum absolute atomic E-state index is 0.0994. The number of nitrogens with zero attached hydrogens (tertiary/aromatic N) is 5. The van der Waals surface area contributed by atoms with Crippen LogP contribution in [0.25, 0.3) is 0 Å². The third-order valence-electron chi connectivity index (χ3n) is 6.69. The first-order valence-corrected chi connectivity index (χ1v) is 11.3. The Balaban J connectivity index is 1.39. The molecule has 0 saturated carbocycles. The first-order chi connectivity index (χ1) is 16.2. The zero-order valence-electron chi connectivity index (χ0n) is 18.5. The van der Waals surface area contributed by atoms with E-state index in [2.05, 4.69) is 14.9 Å². The number of amides is 3. The lowest BCUT2D eigenvalue weighted by Gasteiger charge is -2.42. The van der Waals surface area contributed by atoms with Crippen molar-refractivity contribution in [3.05, 3.63) is 96.1 Å². The van der Waals surface area contributed by atoms with E-state index >= 15 is 0 Å². The Bertz CT molecular complexity index is 1100. The van der Waals surface area contributed by atoms with Gasteiger partial charge in [0.1, 0.15) is 5.54 Å². The van der Waals surface area contributed by atoms with E-state index in [9.17, 15) is 9.59 Å². The molecule has 2 aliphatic rings. The summed E-state index contributed by atoms with van der Waals surface area (Å²) >= 11 is 0. The van der Waals surface area contributed by atoms with E-state index in [-0.39, 0.29) is 18.5 Å². The molecule has 0 unspecified atom stereocenters. The Morgan fingerprint density at radius 2 is 1.45 bits per heavy atom. The number of likely N-dealkylation sites (tertiary alicyclic amines) is 1. The van der Waals surface area contributed by atoms with Gasteiger partial charge in [-0.2, -0.15) is 0 Å². The Labute approximate surface area is 193 Å². The van der Waals surface area contributed by atoms with E-state index in [1.807, 2.05) is 60.7 Å². The molecule has 168 valence electrons. The van der Waals surface area contributed by atoms with E-state index in [1.165, 1.54) is 10.5 Å². The molecule has 3 aromatic rings. The van der Waals surface area contributed by atoms with Gasteiger partial charge in [0, 0.05) is 44.8 Å². The Hall–Kier alpha value is -3.58. The highest BCUT2D eigenvalue weighted by Crippen LogP contribution is 2.39. The molecule has 3 amide bonds. The molecule has 1 aromatic carbocycles. The highest BCUT2D eigenvalue weighted by Gasteiger charge is 2.57. The van der Waals surface area contributed by atoms with Gasteiger partial charge in [-0.1, -0.05) is 36.4 Å². The zero-order chi connectivity index (χ0) is 22.7. The molecule has 4 heterocycles. The largest absolute Gasteiger partial charge is 0.328 e. The minimum atomic E-state index is -0.809. The molecule has 2 fully saturated rings. The van der Waals surface area contributed by atoms with Crippen molar-refractivity contribution in [1.29, 1.82) is 0 Å². The van der Waals surface area contributed by atoms with Gasteiger partial charge in [-0.25, -0.2) is 4.79 Å². The normalized spacial score (nSPS) is 18.3. The van der Waals surface area contributed by atoms with Gasteiger partial charge in [0.05, 0.1) is 12.2 Å². The van der Waals surface area contributed by atoms with Gasteiger partial charge < -0.3 is 4.90 Å². The molecule has 2 aromatic heterocycles. The fourth-order valence-corrected chi connectivity index (χ4v) is 4.87. The van der Waals surface area contributed by atoms with Crippen molar-refractivity contribution in [2.45, 2.75) is 38.0 Å². The second-order valence-corrected chi connectivity index (χ2v) is 8.73. The average Bonchev–Trinajstić information content (AvgIpc) is 3.04. The molecular formula is C26H27N5O2. The molecule has 5 rings (SSSR count). The molecule has 33 heavy (non-hydrogen) atoms. The maximum atomic E-state index is 13.8. The maximum Gasteiger partial charge on any atom is 0.328 e. The molecule has 7 nitrogen and oxygen atoms in total. The third-order valence-corrected chi connectivity index (χ3v) is 6.69. The van der Waals surface area contributed by atoms with Crippen LogP contribution in [0.1, 0.15) is 29.7 Å². The monoisotopic (exact) mass is 441 g/mol. The third kappa shape index (κ3) is 4.24. The highest BCUT2D eigenvalue weighted by molar-refractivity contribution is 6.07. The number of carbonyl (C=O) groups is 2. The van der Waals surface area contributed by atoms with Crippen molar-refractivity contribution < 1.29 is 9.59 Å². The lowest BCUT2D eigenvalue weighted by atomic mass is 9.85. The summed E-state index contributed by atoms with van der Waals surface area (Å²) in [7, 11) is 0. The summed E-state index contributed by atoms with van der Waals surface area (Å²) in [6.45, 7) is 2.95. The number of piperidine rings is 1. The second kappa shape index (κ2) is 9.11. The summed E-state index contributed by atoms with van der Waals surface area (Å²) in [5.41, 5.74) is 2.13. The van der Waals surface area contributed by atoms with E-state index < -0.39 is 5.54 Å². The van der Waals surface area contributed by atoms with Gasteiger partial charge in [0.15, 0.2) is 0 Å². The van der Waals surface area contributed by atoms with Crippen LogP contribution in [-0.2, 0) is 24.4 Å². The number of aromatic nitrogens is 2. The number of benzene rings is 1. The number of hydrogen-bond donors (Lipinski definition) is 0. The Morgan fingerprint density at radius 3 is 2.15 bits per heavy atom. The van der Waals surface area contributed by atoms with Crippen LogP contribution < -0.4 is 0 Å². The standard InChI is InChI=1S/C26H27N5O2/c32-24-26(11-16-29(17-12-26)18-22-9-14-27-15-10-22)31(19-21-6-2-1-3-7-21)25(33)30(24)20-23-8-4-5-13-28-23/h1-10,13-15H,11-12,16-20H2. The van der Waals surface area contributed by atoms with Crippen molar-refractivity contribution in [2.75, 3.05) is 13.1 Å². The lowest BCUT2D eigenvalue weighted by Crippen LogP contribution is -2.56. The van der Waals surface area contributed by atoms with E-state index in [1.54, 1.807) is 23.5 Å². The number of pyridine rings is 2. The maximum absolute atomic E-state index is 13.8. The molecule has 0 aliphatic carbocycles. The quantitative estimate of drug-likeness (QED) is 0.548. The summed E-state index contributed by atoms with van der Waals surface area (Å²) in [4.78, 5) is 41.3. The first kappa shape index (κ1) is 21.3. The number of carbonyl (C=O) groups excluding carboxylic acids is 2. The molecule has 2 aliphatic heterocycles. The number of urea groups is 1. The van der Waals surface area contributed by atoms with Gasteiger partial charge in [-0.05, 0) is 48.2 Å². The van der Waals surface area contributed by atoms with Crippen molar-refractivity contribution in [3.8, 4) is 0 Å². The molecule has 7 heteroatoms. The molecule has 0 bridgehead atoms. The van der Waals surface area contributed by atoms with Crippen LogP contribution in [0.4, 0.5) is 4.79 Å². The molecule has 0 atom stereocenters. The van der Waals surface area contributed by atoms with E-state index in [4.69, 9.17) is 0 Å². The van der Waals surface area contributed by atoms with Crippen molar-refractivity contribution in [1.82, 2.24) is 24.7 Å². The molecule has 0 radical (unpaired) electrons. The Kier molecular flexibility index (Phi) is 5.88. The van der Waals surface area contributed by atoms with Crippen LogP contribution in [-0.4, -0.2) is 55.2 Å². The summed E-state index contributed by atoms with van der Waals surface area (Å²) < 4.78 is 0. The van der Waals surface area contributed by atoms with Crippen molar-refractivity contribution in [3.63, 3.8) is 0 Å². The topological polar surface area (TPSA) is 69.6 Å². The van der Waals surface area contributed by atoms with Gasteiger partial charge in [-0.3, -0.25) is 24.6 Å². The minimum Gasteiger partial charge on any atom is -0.305 e. The summed E-state index contributed by atoms with van der Waals surface area (Å²) in [6, 6.07) is 19.3. The first-order valence-electron chi connectivity index (χ1n) is 11.3. The predicted molar refractivity (Wildman–Crippen MR) is 124 cm³/mol. The lowest BCUT2D eigenvalue weighted by molar-refractivity contribution is -0.136. The van der Waals surface area contributed by atoms with Gasteiger partial charge in [0.25, 0.3) is 5.91 Å². The van der Waals surface area contributed by atoms with E-state index in [0.717, 1.165) is 25.2 Å². The molecular weight excluding hydrogens is 414 g/mol. The zero-order valence-corrected chi connectivity index (χ0v) is 18.5. The summed E-state index contributed by atoms with van der Waals surface area (Å²) in [5.74, 6) is -0.0994. The van der Waals surface area contributed by atoms with Crippen LogP contribution >= 0.6 is 0 Å². The van der Waals surface area contributed by atoms with Crippen LogP contribution in [0.2, 0.25) is 0 Å². The van der Waals surface area contributed by atoms with Gasteiger partial charge in [0.2, 0.25) is 0 Å². The van der Waals surface area contributed by atoms with Crippen LogP contribution in [0.15, 0.2) is 79.3 Å². The van der Waals surface area contributed by atoms with Crippen molar-refractivity contribution in [2.24, 2.45) is 0 Å². The summed E-state index contributed by atoms with van der Waals surface area (Å²) in [5, 5.41) is 0. The van der Waals surface area contributed by atoms with Crippen molar-refractivity contribution >= 4 is 11.9 Å². The van der Waals surface area contributed by atoms with Gasteiger partial charge >= 0.3 is 6.03 Å². The summed E-state index contributed by atoms with van der Waals surface area (Å²) in [6.07, 6.45) is 6.53. The van der Waals surface area contributed by atoms with Crippen LogP contribution in [0.3, 0.4) is 0 Å². The fraction of sp³-hybridized carbons (Fsp3) is 0.308. The SMILES string of the molecule is O=C1N(Cc2ccccn2)C(=O)C2(CCN(Cc3ccncc3)CC2)N1Cc1ccccc1. The second-order valence-electron chi connectivity index (χ2n) is 8.73. The molecule has 1 spiro atoms. The smallest absolute Gasteiger partial charge is 0.305 e. The number of rotatable bonds is 6. The number of hydrogen-bond acceptors (Lipinski definition) is 5. The highest BCUT2D eigenvalue weighted by atomic mass is 16.2. The van der Waals surface area contributed by atoms with Crippen LogP contribution in [0, 0.1) is 0 Å². The Morgan fingerprint density at radius 1 is 0.758 bits per heavy atom. The molecule has 2 saturated heterocycles. The van der Waals surface area contributed by atoms with E-state index in [0.29, 0.717) is 25.1 Å². The predicted octanol–water partition coefficient (Wildman–Crippen LogP) is 3.48. The van der Waals surface area contributed by atoms with Gasteiger partial charge in [-0.15, -0.1) is 0 Å². The fourth-order valence-electron chi connectivity index (χ4n) is 4.87. The number of imide groups is 1. The average molecular weight is 442 g/mol.